The maximum atomic E-state index is 12.1. The van der Waals surface area contributed by atoms with E-state index in [9.17, 15) is 4.79 Å². The first kappa shape index (κ1) is 12.2. The second-order valence-corrected chi connectivity index (χ2v) is 4.96. The molecule has 0 saturated carbocycles. The van der Waals surface area contributed by atoms with Gasteiger partial charge in [-0.2, -0.15) is 5.10 Å². The highest BCUT2D eigenvalue weighted by molar-refractivity contribution is 5.95. The first-order chi connectivity index (χ1) is 9.24. The van der Waals surface area contributed by atoms with Gasteiger partial charge in [0, 0.05) is 35.9 Å². The molecule has 1 fully saturated rings. The van der Waals surface area contributed by atoms with Crippen molar-refractivity contribution in [1.82, 2.24) is 10.2 Å². The van der Waals surface area contributed by atoms with Gasteiger partial charge in [0.2, 0.25) is 5.91 Å². The summed E-state index contributed by atoms with van der Waals surface area (Å²) < 4.78 is 5.27. The smallest absolute Gasteiger partial charge is 0.227 e. The molecular weight excluding hydrogens is 242 g/mol. The summed E-state index contributed by atoms with van der Waals surface area (Å²) in [5, 5.41) is 11.2. The van der Waals surface area contributed by atoms with Gasteiger partial charge in [-0.15, -0.1) is 0 Å². The third kappa shape index (κ3) is 2.46. The lowest BCUT2D eigenvalue weighted by Gasteiger charge is -2.21. The standard InChI is InChI=1S/C14H17N3O2/c1-9-12-3-2-11(8-13(12)17-16-9)15-14(18)10-4-6-19-7-5-10/h2-3,8,10H,4-7H2,1H3,(H,15,18)(H,16,17). The molecule has 2 aromatic rings. The Bertz CT molecular complexity index is 600. The highest BCUT2D eigenvalue weighted by atomic mass is 16.5. The van der Waals surface area contributed by atoms with Gasteiger partial charge in [-0.1, -0.05) is 0 Å². The van der Waals surface area contributed by atoms with E-state index in [1.54, 1.807) is 0 Å². The van der Waals surface area contributed by atoms with Crippen LogP contribution in [0.5, 0.6) is 0 Å². The zero-order valence-corrected chi connectivity index (χ0v) is 10.9. The summed E-state index contributed by atoms with van der Waals surface area (Å²) in [6.07, 6.45) is 1.60. The van der Waals surface area contributed by atoms with Crippen LogP contribution in [0.2, 0.25) is 0 Å². The summed E-state index contributed by atoms with van der Waals surface area (Å²) in [5.41, 5.74) is 2.72. The number of carbonyl (C=O) groups is 1. The third-order valence-corrected chi connectivity index (χ3v) is 3.61. The van der Waals surface area contributed by atoms with Crippen molar-refractivity contribution in [1.29, 1.82) is 0 Å². The average Bonchev–Trinajstić information content (AvgIpc) is 2.81. The Morgan fingerprint density at radius 3 is 3.00 bits per heavy atom. The Morgan fingerprint density at radius 1 is 1.42 bits per heavy atom. The molecule has 1 aliphatic heterocycles. The second kappa shape index (κ2) is 5.01. The Morgan fingerprint density at radius 2 is 2.21 bits per heavy atom. The minimum Gasteiger partial charge on any atom is -0.381 e. The fourth-order valence-electron chi connectivity index (χ4n) is 2.43. The van der Waals surface area contributed by atoms with Crippen molar-refractivity contribution in [3.05, 3.63) is 23.9 Å². The van der Waals surface area contributed by atoms with E-state index >= 15 is 0 Å². The molecular formula is C14H17N3O2. The van der Waals surface area contributed by atoms with Crippen LogP contribution in [-0.4, -0.2) is 29.3 Å². The van der Waals surface area contributed by atoms with Crippen LogP contribution in [0.25, 0.3) is 10.9 Å². The molecule has 0 atom stereocenters. The number of amides is 1. The van der Waals surface area contributed by atoms with Gasteiger partial charge < -0.3 is 10.1 Å². The molecule has 2 heterocycles. The number of benzene rings is 1. The lowest BCUT2D eigenvalue weighted by molar-refractivity contribution is -0.122. The van der Waals surface area contributed by atoms with Gasteiger partial charge in [0.25, 0.3) is 0 Å². The number of nitrogens with zero attached hydrogens (tertiary/aromatic N) is 1. The van der Waals surface area contributed by atoms with E-state index in [4.69, 9.17) is 4.74 Å². The molecule has 5 nitrogen and oxygen atoms in total. The quantitative estimate of drug-likeness (QED) is 0.869. The second-order valence-electron chi connectivity index (χ2n) is 4.96. The SMILES string of the molecule is Cc1[nH]nc2cc(NC(=O)C3CCOCC3)ccc12. The van der Waals surface area contributed by atoms with E-state index in [1.807, 2.05) is 25.1 Å². The van der Waals surface area contributed by atoms with Gasteiger partial charge in [-0.25, -0.2) is 0 Å². The van der Waals surface area contributed by atoms with Crippen molar-refractivity contribution in [2.24, 2.45) is 5.92 Å². The molecule has 0 spiro atoms. The molecule has 1 aliphatic rings. The molecule has 19 heavy (non-hydrogen) atoms. The van der Waals surface area contributed by atoms with Crippen molar-refractivity contribution in [3.63, 3.8) is 0 Å². The molecule has 0 bridgehead atoms. The topological polar surface area (TPSA) is 67.0 Å². The Balaban J connectivity index is 1.75. The minimum absolute atomic E-state index is 0.0605. The fraction of sp³-hybridized carbons (Fsp3) is 0.429. The van der Waals surface area contributed by atoms with Crippen LogP contribution in [0.4, 0.5) is 5.69 Å². The first-order valence-corrected chi connectivity index (χ1v) is 6.57. The van der Waals surface area contributed by atoms with E-state index in [2.05, 4.69) is 15.5 Å². The number of fused-ring (bicyclic) bond motifs is 1. The van der Waals surface area contributed by atoms with Gasteiger partial charge in [0.1, 0.15) is 0 Å². The normalized spacial score (nSPS) is 16.7. The maximum absolute atomic E-state index is 12.1. The monoisotopic (exact) mass is 259 g/mol. The van der Waals surface area contributed by atoms with Crippen LogP contribution in [0.1, 0.15) is 18.5 Å². The number of ether oxygens (including phenoxy) is 1. The Labute approximate surface area is 111 Å². The molecule has 3 rings (SSSR count). The zero-order valence-electron chi connectivity index (χ0n) is 10.9. The largest absolute Gasteiger partial charge is 0.381 e. The van der Waals surface area contributed by atoms with E-state index < -0.39 is 0 Å². The van der Waals surface area contributed by atoms with Crippen LogP contribution in [-0.2, 0) is 9.53 Å². The van der Waals surface area contributed by atoms with E-state index in [1.165, 1.54) is 0 Å². The molecule has 1 saturated heterocycles. The molecule has 1 aromatic heterocycles. The number of hydrogen-bond donors (Lipinski definition) is 2. The lowest BCUT2D eigenvalue weighted by atomic mass is 9.99. The third-order valence-electron chi connectivity index (χ3n) is 3.61. The molecule has 2 N–H and O–H groups in total. The van der Waals surface area contributed by atoms with Gasteiger partial charge in [-0.3, -0.25) is 9.89 Å². The molecule has 5 heteroatoms. The molecule has 0 unspecified atom stereocenters. The van der Waals surface area contributed by atoms with Crippen molar-refractivity contribution < 1.29 is 9.53 Å². The van der Waals surface area contributed by atoms with Crippen LogP contribution in [0.3, 0.4) is 0 Å². The lowest BCUT2D eigenvalue weighted by Crippen LogP contribution is -2.28. The van der Waals surface area contributed by atoms with E-state index in [0.717, 1.165) is 35.1 Å². The van der Waals surface area contributed by atoms with Crippen LogP contribution >= 0.6 is 0 Å². The summed E-state index contributed by atoms with van der Waals surface area (Å²) in [6.45, 7) is 3.33. The molecule has 1 aromatic carbocycles. The summed E-state index contributed by atoms with van der Waals surface area (Å²) in [7, 11) is 0. The number of aromatic amines is 1. The summed E-state index contributed by atoms with van der Waals surface area (Å²) in [4.78, 5) is 12.1. The van der Waals surface area contributed by atoms with Crippen molar-refractivity contribution in [2.45, 2.75) is 19.8 Å². The highest BCUT2D eigenvalue weighted by Gasteiger charge is 2.21. The van der Waals surface area contributed by atoms with E-state index in [0.29, 0.717) is 13.2 Å². The molecule has 1 amide bonds. The van der Waals surface area contributed by atoms with Crippen molar-refractivity contribution in [3.8, 4) is 0 Å². The Kier molecular flexibility index (Phi) is 3.21. The van der Waals surface area contributed by atoms with E-state index in [-0.39, 0.29) is 11.8 Å². The average molecular weight is 259 g/mol. The summed E-state index contributed by atoms with van der Waals surface area (Å²) in [5.74, 6) is 0.139. The number of H-pyrrole nitrogens is 1. The number of rotatable bonds is 2. The van der Waals surface area contributed by atoms with Gasteiger partial charge >= 0.3 is 0 Å². The van der Waals surface area contributed by atoms with Crippen LogP contribution in [0, 0.1) is 12.8 Å². The van der Waals surface area contributed by atoms with Crippen molar-refractivity contribution in [2.75, 3.05) is 18.5 Å². The van der Waals surface area contributed by atoms with Gasteiger partial charge in [-0.05, 0) is 38.0 Å². The number of nitrogens with one attached hydrogen (secondary N) is 2. The van der Waals surface area contributed by atoms with Crippen molar-refractivity contribution >= 4 is 22.5 Å². The van der Waals surface area contributed by atoms with Gasteiger partial charge in [0.05, 0.1) is 5.52 Å². The molecule has 0 radical (unpaired) electrons. The highest BCUT2D eigenvalue weighted by Crippen LogP contribution is 2.22. The maximum Gasteiger partial charge on any atom is 0.227 e. The fourth-order valence-corrected chi connectivity index (χ4v) is 2.43. The zero-order chi connectivity index (χ0) is 13.2. The number of hydrogen-bond acceptors (Lipinski definition) is 3. The summed E-state index contributed by atoms with van der Waals surface area (Å²) >= 11 is 0. The molecule has 0 aliphatic carbocycles. The Hall–Kier alpha value is -1.88. The number of anilines is 1. The predicted octanol–water partition coefficient (Wildman–Crippen LogP) is 2.24. The summed E-state index contributed by atoms with van der Waals surface area (Å²) in [6, 6.07) is 5.80. The predicted molar refractivity (Wildman–Crippen MR) is 73.0 cm³/mol. The number of carbonyl (C=O) groups excluding carboxylic acids is 1. The van der Waals surface area contributed by atoms with Gasteiger partial charge in [0.15, 0.2) is 0 Å². The molecule has 100 valence electrons. The van der Waals surface area contributed by atoms with Crippen LogP contribution < -0.4 is 5.32 Å². The van der Waals surface area contributed by atoms with Crippen LogP contribution in [0.15, 0.2) is 18.2 Å². The number of aryl methyl sites for hydroxylation is 1. The first-order valence-electron chi connectivity index (χ1n) is 6.57. The minimum atomic E-state index is 0.0605. The number of aromatic nitrogens is 2.